The van der Waals surface area contributed by atoms with E-state index in [2.05, 4.69) is 25.7 Å². The van der Waals surface area contributed by atoms with Gasteiger partial charge in [-0.05, 0) is 0 Å². The van der Waals surface area contributed by atoms with Gasteiger partial charge in [0.1, 0.15) is 116 Å². The standard InChI is InChI=1S/C36H59N3O55S8/c40-10-4(1-79-98(64,65)66)82-32(7(11(10)41)37-95(55,56)57)89-21-16(46)23(93-101(73,74)75)35(91-26(21)29(50)51)87-19-6(3-81-100(70,71)72)84-34(9(13(19)43)39-97(61,62)63)90-22-17(47)24(94-102(76,77)78)36(92-27(22)30(52)53)86-18-5(2-80-99(67,68)69)83-33(8(12(18)42)38-96(58,59)60)88-20-14(44)15(45)31(54)85-25(20)28(48)49/h4-27,31-47,54H,1-3H2,(H,48,49)(H,50,51)(H,52,53)(H,55,56,57)(H,58,59,60)(H,61,62,63)(H,64,65,66)(H,67,68,69)(H,70,71,72)(H,73,74,75)(H,76,77,78)/t4-,5-,6-,7-,8-,9-,10-,11-,12-,13-,14-,15-,16+,17+,18-,19-,20+,21+,22+,23-,24-,25+,26-,27-,31-,32-,33-,34-,35-,36-/m1/s1. The molecule has 6 aliphatic rings. The summed E-state index contributed by atoms with van der Waals surface area (Å²) < 4.78 is 354. The lowest BCUT2D eigenvalue weighted by atomic mass is 9.94. The Morgan fingerprint density at radius 2 is 0.569 bits per heavy atom. The maximum absolute atomic E-state index is 13.1. The third-order valence-corrected chi connectivity index (χ3v) is 18.2. The summed E-state index contributed by atoms with van der Waals surface area (Å²) >= 11 is 0. The molecule has 0 radical (unpaired) electrons. The third-order valence-electron chi connectivity index (χ3n) is 14.3. The Morgan fingerprint density at radius 3 is 0.863 bits per heavy atom. The molecule has 596 valence electrons. The van der Waals surface area contributed by atoms with Gasteiger partial charge in [-0.2, -0.15) is 81.5 Å². The Kier molecular flexibility index (Phi) is 28.5. The highest BCUT2D eigenvalue weighted by atomic mass is 32.3. The predicted octanol–water partition coefficient (Wildman–Crippen LogP) is -16.5. The zero-order chi connectivity index (χ0) is 77.6. The van der Waals surface area contributed by atoms with E-state index in [1.54, 1.807) is 0 Å². The first-order chi connectivity index (χ1) is 46.2. The first-order valence-corrected chi connectivity index (χ1v) is 37.8. The lowest BCUT2D eigenvalue weighted by molar-refractivity contribution is -0.375. The number of rotatable bonds is 32. The Labute approximate surface area is 568 Å². The van der Waals surface area contributed by atoms with Crippen LogP contribution < -0.4 is 14.2 Å². The van der Waals surface area contributed by atoms with Gasteiger partial charge in [-0.3, -0.25) is 36.4 Å². The fourth-order valence-electron chi connectivity index (χ4n) is 10.2. The molecule has 6 fully saturated rings. The second-order valence-corrected chi connectivity index (χ2v) is 30.3. The van der Waals surface area contributed by atoms with Crippen LogP contribution in [0.2, 0.25) is 0 Å². The maximum Gasteiger partial charge on any atom is 0.397 e. The molecular weight excluding hydrogens is 1610 g/mol. The second kappa shape index (κ2) is 33.2. The van der Waals surface area contributed by atoms with Gasteiger partial charge in [-0.25, -0.2) is 35.3 Å². The van der Waals surface area contributed by atoms with Gasteiger partial charge in [0.05, 0.1) is 19.8 Å². The molecule has 6 saturated heterocycles. The van der Waals surface area contributed by atoms with Gasteiger partial charge in [0, 0.05) is 0 Å². The summed E-state index contributed by atoms with van der Waals surface area (Å²) in [5.41, 5.74) is 0. The van der Waals surface area contributed by atoms with Gasteiger partial charge < -0.3 is 113 Å². The number of hydrogen-bond acceptors (Lipinski definition) is 44. The molecule has 6 heterocycles. The van der Waals surface area contributed by atoms with Crippen molar-refractivity contribution < 1.29 is 252 Å². The van der Waals surface area contributed by atoms with E-state index < -0.39 is 305 Å². The van der Waals surface area contributed by atoms with Crippen LogP contribution in [0.15, 0.2) is 0 Å². The topological polar surface area (TPSA) is 913 Å². The van der Waals surface area contributed by atoms with E-state index >= 15 is 0 Å². The number of carboxylic acids is 3. The molecule has 0 aromatic rings. The number of ether oxygens (including phenoxy) is 11. The van der Waals surface area contributed by atoms with Crippen LogP contribution >= 0.6 is 0 Å². The number of aliphatic hydroxyl groups excluding tert-OH is 9. The second-order valence-electron chi connectivity index (χ2n) is 21.3. The van der Waals surface area contributed by atoms with E-state index in [1.807, 2.05) is 0 Å². The van der Waals surface area contributed by atoms with Crippen molar-refractivity contribution >= 4 is 101 Å². The number of hydrogen-bond donors (Lipinski definition) is 23. The Morgan fingerprint density at radius 1 is 0.294 bits per heavy atom. The molecule has 0 spiro atoms. The van der Waals surface area contributed by atoms with Crippen LogP contribution in [-0.2, 0) is 170 Å². The molecule has 102 heavy (non-hydrogen) atoms. The van der Waals surface area contributed by atoms with Gasteiger partial charge in [-0.1, -0.05) is 0 Å². The molecule has 66 heteroatoms. The Hall–Kier alpha value is -3.43. The number of aliphatic carboxylic acids is 3. The normalized spacial score (nSPS) is 40.3. The molecule has 0 bridgehead atoms. The molecule has 6 aliphatic heterocycles. The van der Waals surface area contributed by atoms with Crippen LogP contribution in [-0.4, -0.2) is 387 Å². The first kappa shape index (κ1) is 87.5. The van der Waals surface area contributed by atoms with Crippen molar-refractivity contribution in [3.8, 4) is 0 Å². The highest BCUT2D eigenvalue weighted by Crippen LogP contribution is 2.39. The molecule has 58 nitrogen and oxygen atoms in total. The largest absolute Gasteiger partial charge is 0.479 e. The van der Waals surface area contributed by atoms with E-state index in [-0.39, 0.29) is 0 Å². The van der Waals surface area contributed by atoms with Gasteiger partial charge in [0.25, 0.3) is 0 Å². The molecule has 0 aliphatic carbocycles. The molecule has 6 rings (SSSR count). The van der Waals surface area contributed by atoms with Crippen molar-refractivity contribution in [3.63, 3.8) is 0 Å². The lowest BCUT2D eigenvalue weighted by Gasteiger charge is -2.50. The van der Waals surface area contributed by atoms with Crippen molar-refractivity contribution in [1.82, 2.24) is 14.2 Å². The van der Waals surface area contributed by atoms with E-state index in [0.29, 0.717) is 0 Å². The van der Waals surface area contributed by atoms with Crippen molar-refractivity contribution in [2.75, 3.05) is 19.8 Å². The molecule has 0 unspecified atom stereocenters. The monoisotopic (exact) mass is 1670 g/mol. The fraction of sp³-hybridized carbons (Fsp3) is 0.917. The van der Waals surface area contributed by atoms with Crippen molar-refractivity contribution in [2.24, 2.45) is 0 Å². The minimum absolute atomic E-state index is 1.13. The van der Waals surface area contributed by atoms with Crippen LogP contribution in [0, 0.1) is 0 Å². The zero-order valence-electron chi connectivity index (χ0n) is 48.9. The molecule has 30 atom stereocenters. The smallest absolute Gasteiger partial charge is 0.397 e. The van der Waals surface area contributed by atoms with Crippen LogP contribution in [0.5, 0.6) is 0 Å². The molecule has 0 aromatic heterocycles. The number of carboxylic acid groups (broad SMARTS) is 3. The van der Waals surface area contributed by atoms with E-state index in [9.17, 15) is 175 Å². The van der Waals surface area contributed by atoms with E-state index in [4.69, 9.17) is 51.9 Å². The summed E-state index contributed by atoms with van der Waals surface area (Å²) in [5, 5.41) is 130. The van der Waals surface area contributed by atoms with Crippen molar-refractivity contribution in [1.29, 1.82) is 0 Å². The van der Waals surface area contributed by atoms with Crippen LogP contribution in [0.1, 0.15) is 0 Å². The summed E-state index contributed by atoms with van der Waals surface area (Å²) in [6, 6.07) is -8.69. The highest BCUT2D eigenvalue weighted by molar-refractivity contribution is 7.84. The minimum atomic E-state index is -6.28. The first-order valence-electron chi connectivity index (χ1n) is 26.7. The quantitative estimate of drug-likeness (QED) is 0.0278. The van der Waals surface area contributed by atoms with E-state index in [1.165, 1.54) is 9.44 Å². The zero-order valence-corrected chi connectivity index (χ0v) is 55.5. The van der Waals surface area contributed by atoms with Gasteiger partial charge >= 0.3 is 101 Å². The van der Waals surface area contributed by atoms with Crippen LogP contribution in [0.25, 0.3) is 0 Å². The van der Waals surface area contributed by atoms with E-state index in [0.717, 1.165) is 4.72 Å². The Balaban J connectivity index is 1.40. The summed E-state index contributed by atoms with van der Waals surface area (Å²) in [6.07, 6.45) is -80.0. The Bertz CT molecular complexity index is 3900. The number of carbonyl (C=O) groups is 3. The van der Waals surface area contributed by atoms with Gasteiger partial charge in [0.2, 0.25) is 0 Å². The van der Waals surface area contributed by atoms with Crippen LogP contribution in [0.3, 0.4) is 0 Å². The lowest BCUT2D eigenvalue weighted by Crippen LogP contribution is -2.71. The molecule has 0 amide bonds. The average molecular weight is 1670 g/mol. The molecular formula is C36H59N3O55S8. The summed E-state index contributed by atoms with van der Waals surface area (Å²) in [6.45, 7) is -5.41. The molecule has 0 saturated carbocycles. The predicted molar refractivity (Wildman–Crippen MR) is 290 cm³/mol. The maximum atomic E-state index is 13.1. The minimum Gasteiger partial charge on any atom is -0.479 e. The summed E-state index contributed by atoms with van der Waals surface area (Å²) in [4.78, 5) is 38.2. The average Bonchev–Trinajstić information content (AvgIpc) is 0.762. The van der Waals surface area contributed by atoms with Crippen LogP contribution in [0.4, 0.5) is 0 Å². The SMILES string of the molecule is O=C(O)[C@H]1O[C@@H](O)[C@H](O)[C@@H](O)[C@@H]1O[C@H]1O[C@H](COS(=O)(=O)O)[C@@H](O[C@@H]2O[C@@H](C(=O)O)[C@@H](O[C@H]3O[C@H](COS(=O)(=O)O)[C@@H](O[C@@H]4O[C@@H](C(=O)O)[C@@H](O[C@H]5O[C@H](COS(=O)(=O)O)[C@@H](O)[C@H](O)[C@H]5NS(=O)(=O)O)[C@H](O)[C@H]4OS(=O)(=O)O)[C@H](O)[C@H]3NS(=O)(=O)O)[C@H](O)[C@H]2OS(=O)(=O)O)[C@H](O)[C@H]1NS(=O)(=O)O. The third kappa shape index (κ3) is 24.0. The highest BCUT2D eigenvalue weighted by Gasteiger charge is 2.62. The van der Waals surface area contributed by atoms with Gasteiger partial charge in [-0.15, -0.1) is 0 Å². The fourth-order valence-corrected chi connectivity index (χ4v) is 13.9. The molecule has 23 N–H and O–H groups in total. The summed E-state index contributed by atoms with van der Waals surface area (Å²) in [5.74, 6) is -7.22. The number of nitrogens with one attached hydrogen (secondary N) is 3. The number of aliphatic hydroxyl groups is 9. The molecule has 0 aromatic carbocycles. The van der Waals surface area contributed by atoms with Gasteiger partial charge in [0.15, 0.2) is 68.3 Å². The van der Waals surface area contributed by atoms with Crippen molar-refractivity contribution in [2.45, 2.75) is 184 Å². The summed E-state index contributed by atoms with van der Waals surface area (Å²) in [7, 11) is -47.3. The van der Waals surface area contributed by atoms with Crippen molar-refractivity contribution in [3.05, 3.63) is 0 Å².